The van der Waals surface area contributed by atoms with E-state index in [0.29, 0.717) is 0 Å². The zero-order valence-corrected chi connectivity index (χ0v) is 51.5. The van der Waals surface area contributed by atoms with Gasteiger partial charge in [0.25, 0.3) is 70.4 Å². The molecule has 12 unspecified atom stereocenters. The average molecular weight is 1420 g/mol. The van der Waals surface area contributed by atoms with Crippen LogP contribution < -0.4 is 49.6 Å². The van der Waals surface area contributed by atoms with Gasteiger partial charge in [0.15, 0.2) is 0 Å². The summed E-state index contributed by atoms with van der Waals surface area (Å²) in [5.41, 5.74) is 1.08. The molecule has 3 N–H and O–H groups in total. The van der Waals surface area contributed by atoms with Crippen LogP contribution in [0.5, 0.6) is 0 Å². The minimum Gasteiger partial charge on any atom is -0.756 e. The molecule has 0 fully saturated rings. The number of aliphatic hydroxyl groups excluding tert-OH is 1. The van der Waals surface area contributed by atoms with E-state index in [1.54, 1.807) is 0 Å². The maximum atomic E-state index is 12.8. The molecular formula is C24H48FNO37P9Y2-11. The Kier molecular flexibility index (Phi) is 44.3. The number of rotatable bonds is 48. The van der Waals surface area contributed by atoms with Crippen LogP contribution in [-0.4, -0.2) is 135 Å². The van der Waals surface area contributed by atoms with Gasteiger partial charge in [-0.05, 0) is 0 Å². The molecule has 0 rings (SSSR count). The molecule has 0 bridgehead atoms. The Hall–Kier alpha value is 3.05. The fourth-order valence-corrected chi connectivity index (χ4v) is 9.60. The van der Waals surface area contributed by atoms with Crippen molar-refractivity contribution in [2.75, 3.05) is 125 Å². The van der Waals surface area contributed by atoms with Gasteiger partial charge in [0.05, 0.1) is 92.5 Å². The summed E-state index contributed by atoms with van der Waals surface area (Å²) in [6.07, 6.45) is 0. The number of hydrogen-bond donors (Lipinski definition) is 3. The van der Waals surface area contributed by atoms with E-state index in [-0.39, 0.29) is 65.4 Å². The molecule has 0 saturated heterocycles. The molecule has 74 heavy (non-hydrogen) atoms. The molecule has 0 aliphatic carbocycles. The van der Waals surface area contributed by atoms with Crippen LogP contribution in [0.1, 0.15) is 0 Å². The molecule has 0 aromatic carbocycles. The van der Waals surface area contributed by atoms with Gasteiger partial charge in [-0.15, -0.1) is 16.3 Å². The maximum Gasteiger partial charge on any atom is 0.268 e. The Balaban J connectivity index is -0.0000252. The van der Waals surface area contributed by atoms with E-state index < -0.39 is 214 Å². The molecular weight excluding hydrogens is 1370 g/mol. The Bertz CT molecular complexity index is 1990. The smallest absolute Gasteiger partial charge is 0.268 e. The first-order valence-corrected chi connectivity index (χ1v) is 32.2. The van der Waals surface area contributed by atoms with Crippen LogP contribution in [0, 0.1) is 31.6 Å². The van der Waals surface area contributed by atoms with Gasteiger partial charge in [-0.2, -0.15) is 5.54 Å². The fraction of sp³-hybridized carbons (Fsp3) is 0.917. The fourth-order valence-electron chi connectivity index (χ4n) is 3.45. The van der Waals surface area contributed by atoms with Crippen molar-refractivity contribution in [2.45, 2.75) is 0 Å². The zero-order chi connectivity index (χ0) is 55.4. The molecule has 50 heteroatoms. The second-order valence-electron chi connectivity index (χ2n) is 12.6. The first-order chi connectivity index (χ1) is 32.9. The van der Waals surface area contributed by atoms with E-state index in [2.05, 4.69) is 90.8 Å². The summed E-state index contributed by atoms with van der Waals surface area (Å²) in [4.78, 5) is 114. The molecule has 0 aromatic rings. The van der Waals surface area contributed by atoms with Crippen molar-refractivity contribution < 1.29 is 242 Å². The van der Waals surface area contributed by atoms with Crippen LogP contribution in [-0.2, 0) is 183 Å². The third kappa shape index (κ3) is 48.6. The first-order valence-electron chi connectivity index (χ1n) is 19.0. The van der Waals surface area contributed by atoms with Crippen LogP contribution in [0.2, 0.25) is 0 Å². The quantitative estimate of drug-likeness (QED) is 0.0223. The van der Waals surface area contributed by atoms with Crippen molar-refractivity contribution >= 4 is 70.4 Å². The minimum atomic E-state index is -5.36. The summed E-state index contributed by atoms with van der Waals surface area (Å²) in [7, 11) is -46.7. The summed E-state index contributed by atoms with van der Waals surface area (Å²) in [5, 5.41) is 8.79. The van der Waals surface area contributed by atoms with Crippen molar-refractivity contribution in [3.63, 3.8) is 0 Å². The van der Waals surface area contributed by atoms with E-state index >= 15 is 0 Å². The van der Waals surface area contributed by atoms with Crippen LogP contribution in [0.3, 0.4) is 0 Å². The van der Waals surface area contributed by atoms with Gasteiger partial charge in [-0.1, -0.05) is 0 Å². The Morgan fingerprint density at radius 3 is 0.757 bits per heavy atom. The van der Waals surface area contributed by atoms with Crippen LogP contribution in [0.25, 0.3) is 0 Å². The van der Waals surface area contributed by atoms with Gasteiger partial charge in [0, 0.05) is 104 Å². The van der Waals surface area contributed by atoms with Gasteiger partial charge in [-0.25, -0.2) is 0 Å². The third-order valence-electron chi connectivity index (χ3n) is 6.46. The number of nitrogens with one attached hydrogen (secondary N) is 1. The molecule has 12 atom stereocenters. The van der Waals surface area contributed by atoms with E-state index in [1.807, 2.05) is 0 Å². The molecule has 2 radical (unpaired) electrons. The minimum absolute atomic E-state index is 0. The average Bonchev–Trinajstić information content (AvgIpc) is 3.26. The second-order valence-corrected chi connectivity index (χ2v) is 25.1. The van der Waals surface area contributed by atoms with Gasteiger partial charge < -0.3 is 145 Å². The molecule has 0 aromatic heterocycles. The van der Waals surface area contributed by atoms with E-state index in [9.17, 15) is 89.6 Å². The topological polar surface area (TPSA) is 571 Å². The van der Waals surface area contributed by atoms with Crippen molar-refractivity contribution in [1.82, 2.24) is 5.54 Å². The van der Waals surface area contributed by atoms with Crippen molar-refractivity contribution in [1.29, 1.82) is 0 Å². The largest absolute Gasteiger partial charge is 0.756 e. The van der Waals surface area contributed by atoms with Crippen molar-refractivity contribution in [2.24, 2.45) is 17.8 Å². The number of phosphoric acid groups is 9. The van der Waals surface area contributed by atoms with Gasteiger partial charge in [0.2, 0.25) is 0 Å². The molecule has 0 aliphatic rings. The number of halogens is 1. The number of aliphatic hydroxyl groups is 1. The zero-order valence-electron chi connectivity index (χ0n) is 37.8. The van der Waals surface area contributed by atoms with E-state index in [4.69, 9.17) is 10.00 Å². The van der Waals surface area contributed by atoms with Crippen LogP contribution in [0.15, 0.2) is 0 Å². The predicted octanol–water partition coefficient (Wildman–Crippen LogP) is -4.55. The normalized spacial score (nSPS) is 20.7. The first kappa shape index (κ1) is 81.3. The van der Waals surface area contributed by atoms with Crippen molar-refractivity contribution in [3.05, 3.63) is 13.8 Å². The van der Waals surface area contributed by atoms with E-state index in [1.165, 1.54) is 0 Å². The predicted molar refractivity (Wildman–Crippen MR) is 209 cm³/mol. The monoisotopic (exact) mass is 1420 g/mol. The van der Waals surface area contributed by atoms with E-state index in [0.717, 1.165) is 5.54 Å². The molecule has 0 saturated carbocycles. The third-order valence-corrected chi connectivity index (χ3v) is 14.8. The van der Waals surface area contributed by atoms with Gasteiger partial charge in [0.1, 0.15) is 0 Å². The van der Waals surface area contributed by atoms with Crippen LogP contribution in [0.4, 0.5) is 4.48 Å². The van der Waals surface area contributed by atoms with Gasteiger partial charge >= 0.3 is 0 Å². The Morgan fingerprint density at radius 1 is 0.365 bits per heavy atom. The molecule has 0 heterocycles. The standard InChI is InChI=1S/C24H57FNO37P9.2Y/c1-22(16-27)17-60-69(39,40)55-11-7-51-65(31,32)47-3-5-49-67(35,36)53-9-13-57-71(43,44)62-20-24(15-26-25)21-63-72(45,46)58-14-10-54-68(37,38)50-6-4-48-66(33,34)52-8-12-56-70(41,42)61-19-23(2)18-59-64(28,29)30;;/h22-24,26-27H,1-21H2,(H,31,32)(H,33,34)(H,35,36)(H,37,38)(H,39,40)(H,41,42)(H,43,44)(H,45,46)(H2,28,29,30);;/q-2;;/p-9. The maximum absolute atomic E-state index is 12.8. The summed E-state index contributed by atoms with van der Waals surface area (Å²) in [6, 6.07) is 0. The molecule has 0 spiro atoms. The summed E-state index contributed by atoms with van der Waals surface area (Å²) in [5.74, 6) is -3.37. The van der Waals surface area contributed by atoms with Crippen molar-refractivity contribution in [3.8, 4) is 0 Å². The van der Waals surface area contributed by atoms with Crippen LogP contribution >= 0.6 is 70.4 Å². The SMILES string of the molecule is [CH2-]C(CO)COP(=O)([O-])OCCOP(=O)([O-])OCCOP(=O)([O-])OCCOP(=O)([O-])OCC(CNF)COP(=O)([O-])OCCOP(=O)([O-])OCCOP(=O)([O-])OCCOP(=O)([O-])OCC([CH2-])COP(=O)([O-])O.[Y].[Y]. The molecule has 440 valence electrons. The second kappa shape index (κ2) is 40.3. The van der Waals surface area contributed by atoms with Gasteiger partial charge in [-0.3, -0.25) is 41.1 Å². The number of hydrogen-bond acceptors (Lipinski definition) is 37. The molecule has 0 aliphatic heterocycles. The molecule has 0 amide bonds. The summed E-state index contributed by atoms with van der Waals surface area (Å²) < 4.78 is 191. The number of phosphoric ester groups is 9. The summed E-state index contributed by atoms with van der Waals surface area (Å²) in [6.45, 7) is -10.8. The molecule has 38 nitrogen and oxygen atoms in total. The summed E-state index contributed by atoms with van der Waals surface area (Å²) >= 11 is 0. The Labute approximate surface area is 471 Å². The Morgan fingerprint density at radius 2 is 0.554 bits per heavy atom.